The van der Waals surface area contributed by atoms with Crippen LogP contribution in [0.3, 0.4) is 0 Å². The van der Waals surface area contributed by atoms with E-state index in [9.17, 15) is 4.79 Å². The zero-order valence-electron chi connectivity index (χ0n) is 19.6. The van der Waals surface area contributed by atoms with E-state index in [1.165, 1.54) is 0 Å². The first-order valence-electron chi connectivity index (χ1n) is 11.9. The lowest BCUT2D eigenvalue weighted by atomic mass is 9.89. The molecule has 0 spiro atoms. The Morgan fingerprint density at radius 1 is 1.03 bits per heavy atom. The number of para-hydroxylation sites is 1. The Morgan fingerprint density at radius 2 is 1.79 bits per heavy atom. The molecule has 1 unspecified atom stereocenters. The maximum absolute atomic E-state index is 13.4. The zero-order valence-corrected chi connectivity index (χ0v) is 19.6. The summed E-state index contributed by atoms with van der Waals surface area (Å²) in [6, 6.07) is 24.4. The summed E-state index contributed by atoms with van der Waals surface area (Å²) in [5, 5.41) is 4.44. The second-order valence-corrected chi connectivity index (χ2v) is 8.84. The Morgan fingerprint density at radius 3 is 2.53 bits per heavy atom. The topological polar surface area (TPSA) is 63.3 Å². The molecule has 1 aliphatic rings. The number of H-pyrrole nitrogens is 1. The molecule has 5 rings (SSSR count). The summed E-state index contributed by atoms with van der Waals surface area (Å²) in [6.45, 7) is 3.02. The number of fused-ring (bicyclic) bond motifs is 1. The van der Waals surface area contributed by atoms with Gasteiger partial charge in [0, 0.05) is 29.6 Å². The zero-order chi connectivity index (χ0) is 23.5. The van der Waals surface area contributed by atoms with Gasteiger partial charge in [-0.15, -0.1) is 0 Å². The Bertz CT molecular complexity index is 1290. The third-order valence-corrected chi connectivity index (χ3v) is 6.86. The van der Waals surface area contributed by atoms with Gasteiger partial charge in [0.15, 0.2) is 11.5 Å². The fourth-order valence-electron chi connectivity index (χ4n) is 4.86. The van der Waals surface area contributed by atoms with Gasteiger partial charge in [-0.1, -0.05) is 54.6 Å². The van der Waals surface area contributed by atoms with Gasteiger partial charge >= 0.3 is 0 Å². The van der Waals surface area contributed by atoms with E-state index in [1.807, 2.05) is 49.4 Å². The van der Waals surface area contributed by atoms with Crippen LogP contribution in [0.2, 0.25) is 0 Å². The van der Waals surface area contributed by atoms with E-state index in [2.05, 4.69) is 46.8 Å². The first kappa shape index (κ1) is 22.1. The lowest BCUT2D eigenvalue weighted by molar-refractivity contribution is -0.123. The summed E-state index contributed by atoms with van der Waals surface area (Å²) in [6.07, 6.45) is 3.82. The molecule has 1 fully saturated rings. The summed E-state index contributed by atoms with van der Waals surface area (Å²) in [7, 11) is 1.65. The number of benzene rings is 3. The summed E-state index contributed by atoms with van der Waals surface area (Å²) in [5.41, 5.74) is 3.98. The van der Waals surface area contributed by atoms with E-state index >= 15 is 0 Å². The van der Waals surface area contributed by atoms with Crippen LogP contribution in [0.4, 0.5) is 0 Å². The van der Waals surface area contributed by atoms with Crippen molar-refractivity contribution in [1.29, 1.82) is 0 Å². The van der Waals surface area contributed by atoms with Gasteiger partial charge in [-0.3, -0.25) is 4.79 Å². The molecule has 0 aliphatic heterocycles. The largest absolute Gasteiger partial charge is 0.493 e. The van der Waals surface area contributed by atoms with Crippen molar-refractivity contribution >= 4 is 16.8 Å². The molecule has 3 aromatic carbocycles. The molecule has 34 heavy (non-hydrogen) atoms. The van der Waals surface area contributed by atoms with Crippen LogP contribution in [0.15, 0.2) is 79.0 Å². The molecule has 1 atom stereocenters. The molecule has 2 N–H and O–H groups in total. The van der Waals surface area contributed by atoms with Gasteiger partial charge in [0.25, 0.3) is 0 Å². The number of amides is 1. The van der Waals surface area contributed by atoms with Crippen molar-refractivity contribution < 1.29 is 14.3 Å². The maximum atomic E-state index is 13.4. The Labute approximate surface area is 200 Å². The number of aromatic amines is 1. The molecule has 0 bridgehead atoms. The number of carbonyl (C=O) groups excluding carboxylic acids is 1. The molecule has 5 nitrogen and oxygen atoms in total. The van der Waals surface area contributed by atoms with Crippen molar-refractivity contribution in [3.05, 3.63) is 95.7 Å². The number of aromatic nitrogens is 1. The second kappa shape index (κ2) is 9.26. The van der Waals surface area contributed by atoms with Gasteiger partial charge in [0.05, 0.1) is 19.1 Å². The summed E-state index contributed by atoms with van der Waals surface area (Å²) in [4.78, 5) is 16.8. The third-order valence-electron chi connectivity index (χ3n) is 6.86. The molecule has 4 aromatic rings. The van der Waals surface area contributed by atoms with Crippen molar-refractivity contribution in [3.63, 3.8) is 0 Å². The number of nitrogens with one attached hydrogen (secondary N) is 2. The van der Waals surface area contributed by atoms with E-state index in [0.717, 1.165) is 46.2 Å². The standard InChI is InChI=1S/C29H30N2O3/c1-3-34-26-14-13-20(17-27(26)33-2)23(24-19-30-25-12-8-7-11-22(24)25)18-31-28(32)29(15-16-29)21-9-5-4-6-10-21/h4-14,17,19,23,30H,3,15-16,18H2,1-2H3,(H,31,32). The molecule has 1 aromatic heterocycles. The number of hydrogen-bond acceptors (Lipinski definition) is 3. The van der Waals surface area contributed by atoms with E-state index in [1.54, 1.807) is 7.11 Å². The van der Waals surface area contributed by atoms with Crippen molar-refractivity contribution in [2.75, 3.05) is 20.3 Å². The predicted molar refractivity (Wildman–Crippen MR) is 135 cm³/mol. The summed E-state index contributed by atoms with van der Waals surface area (Å²) in [5.74, 6) is 1.47. The van der Waals surface area contributed by atoms with Crippen molar-refractivity contribution in [1.82, 2.24) is 10.3 Å². The van der Waals surface area contributed by atoms with E-state index in [4.69, 9.17) is 9.47 Å². The monoisotopic (exact) mass is 454 g/mol. The Kier molecular flexibility index (Phi) is 6.01. The molecule has 0 saturated heterocycles. The quantitative estimate of drug-likeness (QED) is 0.348. The molecule has 0 radical (unpaired) electrons. The van der Waals surface area contributed by atoms with Crippen molar-refractivity contribution in [2.45, 2.75) is 31.1 Å². The van der Waals surface area contributed by atoms with Crippen LogP contribution >= 0.6 is 0 Å². The molecule has 174 valence electrons. The highest BCUT2D eigenvalue weighted by molar-refractivity contribution is 5.91. The highest BCUT2D eigenvalue weighted by atomic mass is 16.5. The molecule has 5 heteroatoms. The van der Waals surface area contributed by atoms with Crippen molar-refractivity contribution in [3.8, 4) is 11.5 Å². The second-order valence-electron chi connectivity index (χ2n) is 8.84. The van der Waals surface area contributed by atoms with Crippen LogP contribution < -0.4 is 14.8 Å². The number of ether oxygens (including phenoxy) is 2. The highest BCUT2D eigenvalue weighted by Crippen LogP contribution is 2.48. The predicted octanol–water partition coefficient (Wildman–Crippen LogP) is 5.56. The average molecular weight is 455 g/mol. The van der Waals surface area contributed by atoms with E-state index in [-0.39, 0.29) is 11.8 Å². The van der Waals surface area contributed by atoms with Gasteiger partial charge in [-0.05, 0) is 54.7 Å². The fraction of sp³-hybridized carbons (Fsp3) is 0.276. The number of hydrogen-bond donors (Lipinski definition) is 2. The minimum atomic E-state index is -0.400. The normalized spacial score (nSPS) is 15.0. The smallest absolute Gasteiger partial charge is 0.230 e. The lowest BCUT2D eigenvalue weighted by Crippen LogP contribution is -2.37. The number of carbonyl (C=O) groups is 1. The molecule has 1 aliphatic carbocycles. The minimum Gasteiger partial charge on any atom is -0.493 e. The van der Waals surface area contributed by atoms with Crippen LogP contribution in [-0.4, -0.2) is 31.2 Å². The van der Waals surface area contributed by atoms with Gasteiger partial charge in [-0.25, -0.2) is 0 Å². The van der Waals surface area contributed by atoms with Crippen LogP contribution in [0.5, 0.6) is 11.5 Å². The fourth-order valence-corrected chi connectivity index (χ4v) is 4.86. The number of methoxy groups -OCH3 is 1. The summed E-state index contributed by atoms with van der Waals surface area (Å²) >= 11 is 0. The third kappa shape index (κ3) is 4.03. The SMILES string of the molecule is CCOc1ccc(C(CNC(=O)C2(c3ccccc3)CC2)c2c[nH]c3ccccc23)cc1OC. The van der Waals surface area contributed by atoms with Crippen LogP contribution in [0.25, 0.3) is 10.9 Å². The lowest BCUT2D eigenvalue weighted by Gasteiger charge is -2.22. The number of rotatable bonds is 9. The van der Waals surface area contributed by atoms with E-state index < -0.39 is 5.41 Å². The molecule has 1 saturated carbocycles. The highest BCUT2D eigenvalue weighted by Gasteiger charge is 2.51. The van der Waals surface area contributed by atoms with Crippen LogP contribution in [0.1, 0.15) is 42.4 Å². The van der Waals surface area contributed by atoms with Crippen LogP contribution in [-0.2, 0) is 10.2 Å². The average Bonchev–Trinajstić information content (AvgIpc) is 3.60. The van der Waals surface area contributed by atoms with Gasteiger partial charge < -0.3 is 19.8 Å². The van der Waals surface area contributed by atoms with Gasteiger partial charge in [0.2, 0.25) is 5.91 Å². The molecular weight excluding hydrogens is 424 g/mol. The maximum Gasteiger partial charge on any atom is 0.230 e. The first-order chi connectivity index (χ1) is 16.7. The van der Waals surface area contributed by atoms with E-state index in [0.29, 0.717) is 18.9 Å². The first-order valence-corrected chi connectivity index (χ1v) is 11.9. The van der Waals surface area contributed by atoms with Crippen LogP contribution in [0, 0.1) is 0 Å². The molecular formula is C29H30N2O3. The van der Waals surface area contributed by atoms with Gasteiger partial charge in [-0.2, -0.15) is 0 Å². The Hall–Kier alpha value is -3.73. The molecule has 1 amide bonds. The van der Waals surface area contributed by atoms with Crippen molar-refractivity contribution in [2.24, 2.45) is 0 Å². The Balaban J connectivity index is 1.47. The van der Waals surface area contributed by atoms with Gasteiger partial charge in [0.1, 0.15) is 0 Å². The minimum absolute atomic E-state index is 0.0451. The summed E-state index contributed by atoms with van der Waals surface area (Å²) < 4.78 is 11.3. The molecule has 1 heterocycles.